The van der Waals surface area contributed by atoms with Gasteiger partial charge >= 0.3 is 6.03 Å². The lowest BCUT2D eigenvalue weighted by atomic mass is 10.1. The SMILES string of the molecule is CC(C)(C)NC(N)=O.O. The molecule has 0 aromatic carbocycles. The van der Waals surface area contributed by atoms with Crippen LogP contribution in [0.5, 0.6) is 0 Å². The molecule has 0 aliphatic rings. The van der Waals surface area contributed by atoms with Gasteiger partial charge in [-0.2, -0.15) is 0 Å². The molecule has 4 nitrogen and oxygen atoms in total. The van der Waals surface area contributed by atoms with Gasteiger partial charge in [0.15, 0.2) is 0 Å². The van der Waals surface area contributed by atoms with E-state index in [2.05, 4.69) is 5.32 Å². The first-order valence-corrected chi connectivity index (χ1v) is 2.49. The van der Waals surface area contributed by atoms with Gasteiger partial charge in [-0.25, -0.2) is 4.79 Å². The molecular weight excluding hydrogens is 120 g/mol. The highest BCUT2D eigenvalue weighted by molar-refractivity contribution is 5.72. The number of nitrogens with one attached hydrogen (secondary N) is 1. The van der Waals surface area contributed by atoms with Gasteiger partial charge in [-0.1, -0.05) is 0 Å². The van der Waals surface area contributed by atoms with Gasteiger partial charge in [0.25, 0.3) is 0 Å². The molecule has 0 unspecified atom stereocenters. The summed E-state index contributed by atoms with van der Waals surface area (Å²) in [4.78, 5) is 10.1. The van der Waals surface area contributed by atoms with Crippen LogP contribution in [0.4, 0.5) is 4.79 Å². The standard InChI is InChI=1S/C5H12N2O.H2O/c1-5(2,3)7-4(6)8;/h1-3H3,(H3,6,7,8);1H2. The minimum absolute atomic E-state index is 0. The maximum absolute atomic E-state index is 10.1. The van der Waals surface area contributed by atoms with E-state index in [0.29, 0.717) is 0 Å². The Hall–Kier alpha value is -0.770. The van der Waals surface area contributed by atoms with E-state index in [1.807, 2.05) is 20.8 Å². The van der Waals surface area contributed by atoms with Crippen molar-refractivity contribution >= 4 is 6.03 Å². The Kier molecular flexibility index (Phi) is 4.06. The summed E-state index contributed by atoms with van der Waals surface area (Å²) < 4.78 is 0. The number of carbonyl (C=O) groups is 1. The van der Waals surface area contributed by atoms with Crippen molar-refractivity contribution < 1.29 is 10.3 Å². The number of hydrogen-bond acceptors (Lipinski definition) is 1. The lowest BCUT2D eigenvalue weighted by molar-refractivity contribution is 0.240. The van der Waals surface area contributed by atoms with Crippen molar-refractivity contribution in [3.63, 3.8) is 0 Å². The normalized spacial score (nSPS) is 9.67. The third-order valence-corrected chi connectivity index (χ3v) is 0.498. The van der Waals surface area contributed by atoms with Crippen molar-refractivity contribution in [2.75, 3.05) is 0 Å². The number of carbonyl (C=O) groups excluding carboxylic acids is 1. The number of primary amides is 1. The fourth-order valence-corrected chi connectivity index (χ4v) is 0.370. The lowest BCUT2D eigenvalue weighted by Gasteiger charge is -2.17. The summed E-state index contributed by atoms with van der Waals surface area (Å²) in [6, 6.07) is -0.475. The minimum Gasteiger partial charge on any atom is -0.412 e. The maximum Gasteiger partial charge on any atom is 0.312 e. The number of amides is 2. The molecular formula is C5H14N2O2. The molecule has 0 saturated carbocycles. The summed E-state index contributed by atoms with van der Waals surface area (Å²) in [6.07, 6.45) is 0. The first-order valence-electron chi connectivity index (χ1n) is 2.49. The van der Waals surface area contributed by atoms with Crippen molar-refractivity contribution in [1.29, 1.82) is 0 Å². The van der Waals surface area contributed by atoms with Gasteiger partial charge < -0.3 is 16.5 Å². The fourth-order valence-electron chi connectivity index (χ4n) is 0.370. The second-order valence-corrected chi connectivity index (χ2v) is 2.74. The average Bonchev–Trinajstić information content (AvgIpc) is 1.21. The first-order chi connectivity index (χ1) is 3.42. The monoisotopic (exact) mass is 134 g/mol. The van der Waals surface area contributed by atoms with Crippen molar-refractivity contribution in [3.05, 3.63) is 0 Å². The highest BCUT2D eigenvalue weighted by Crippen LogP contribution is 1.95. The number of rotatable bonds is 0. The molecule has 0 aliphatic heterocycles. The predicted molar refractivity (Wildman–Crippen MR) is 36.1 cm³/mol. The largest absolute Gasteiger partial charge is 0.412 e. The molecule has 0 rings (SSSR count). The Morgan fingerprint density at radius 1 is 1.44 bits per heavy atom. The molecule has 0 aromatic rings. The van der Waals surface area contributed by atoms with E-state index in [9.17, 15) is 4.79 Å². The molecule has 0 atom stereocenters. The van der Waals surface area contributed by atoms with E-state index in [1.54, 1.807) is 0 Å². The molecule has 0 bridgehead atoms. The van der Waals surface area contributed by atoms with Gasteiger partial charge in [0, 0.05) is 5.54 Å². The fraction of sp³-hybridized carbons (Fsp3) is 0.800. The van der Waals surface area contributed by atoms with E-state index < -0.39 is 6.03 Å². The van der Waals surface area contributed by atoms with Crippen LogP contribution in [-0.4, -0.2) is 17.0 Å². The van der Waals surface area contributed by atoms with E-state index in [0.717, 1.165) is 0 Å². The van der Waals surface area contributed by atoms with E-state index in [4.69, 9.17) is 5.73 Å². The molecule has 0 spiro atoms. The molecule has 0 saturated heterocycles. The van der Waals surface area contributed by atoms with Crippen LogP contribution in [-0.2, 0) is 0 Å². The van der Waals surface area contributed by atoms with Crippen molar-refractivity contribution in [2.45, 2.75) is 26.3 Å². The Morgan fingerprint density at radius 2 is 1.78 bits per heavy atom. The van der Waals surface area contributed by atoms with Crippen LogP contribution in [0.15, 0.2) is 0 Å². The van der Waals surface area contributed by atoms with Crippen LogP contribution in [0.3, 0.4) is 0 Å². The molecule has 0 radical (unpaired) electrons. The predicted octanol–water partition coefficient (Wildman–Crippen LogP) is -0.371. The van der Waals surface area contributed by atoms with Crippen molar-refractivity contribution in [1.82, 2.24) is 5.32 Å². The molecule has 9 heavy (non-hydrogen) atoms. The Morgan fingerprint density at radius 3 is 1.78 bits per heavy atom. The van der Waals surface area contributed by atoms with Gasteiger partial charge in [-0.15, -0.1) is 0 Å². The number of nitrogens with two attached hydrogens (primary N) is 1. The smallest absolute Gasteiger partial charge is 0.312 e. The number of urea groups is 1. The topological polar surface area (TPSA) is 86.6 Å². The second kappa shape index (κ2) is 3.29. The zero-order valence-electron chi connectivity index (χ0n) is 5.99. The first kappa shape index (κ1) is 11.1. The highest BCUT2D eigenvalue weighted by Gasteiger charge is 2.09. The van der Waals surface area contributed by atoms with Crippen LogP contribution in [0.25, 0.3) is 0 Å². The van der Waals surface area contributed by atoms with E-state index in [-0.39, 0.29) is 11.0 Å². The molecule has 4 heteroatoms. The molecule has 0 aliphatic carbocycles. The maximum atomic E-state index is 10.1. The summed E-state index contributed by atoms with van der Waals surface area (Å²) in [6.45, 7) is 5.62. The van der Waals surface area contributed by atoms with Gasteiger partial charge in [-0.05, 0) is 20.8 Å². The van der Waals surface area contributed by atoms with Crippen molar-refractivity contribution in [3.8, 4) is 0 Å². The number of hydrogen-bond donors (Lipinski definition) is 2. The summed E-state index contributed by atoms with van der Waals surface area (Å²) in [7, 11) is 0. The minimum atomic E-state index is -0.475. The third-order valence-electron chi connectivity index (χ3n) is 0.498. The molecule has 0 heterocycles. The third kappa shape index (κ3) is 11.1. The van der Waals surface area contributed by atoms with Crippen LogP contribution in [0.1, 0.15) is 20.8 Å². The second-order valence-electron chi connectivity index (χ2n) is 2.74. The lowest BCUT2D eigenvalue weighted by Crippen LogP contribution is -2.43. The van der Waals surface area contributed by atoms with Gasteiger partial charge in [0.1, 0.15) is 0 Å². The zero-order valence-corrected chi connectivity index (χ0v) is 5.99. The molecule has 2 amide bonds. The van der Waals surface area contributed by atoms with Crippen LogP contribution < -0.4 is 11.1 Å². The van der Waals surface area contributed by atoms with Gasteiger partial charge in [0.2, 0.25) is 0 Å². The molecule has 56 valence electrons. The molecule has 5 N–H and O–H groups in total. The zero-order chi connectivity index (χ0) is 6.78. The quantitative estimate of drug-likeness (QED) is 0.465. The summed E-state index contributed by atoms with van der Waals surface area (Å²) in [5.41, 5.74) is 4.63. The Balaban J connectivity index is 0. The van der Waals surface area contributed by atoms with Crippen LogP contribution >= 0.6 is 0 Å². The Labute approximate surface area is 54.7 Å². The van der Waals surface area contributed by atoms with Crippen molar-refractivity contribution in [2.24, 2.45) is 5.73 Å². The highest BCUT2D eigenvalue weighted by atomic mass is 16.2. The average molecular weight is 134 g/mol. The Bertz CT molecular complexity index is 95.6. The van der Waals surface area contributed by atoms with Crippen LogP contribution in [0, 0.1) is 0 Å². The van der Waals surface area contributed by atoms with Crippen LogP contribution in [0.2, 0.25) is 0 Å². The van der Waals surface area contributed by atoms with Gasteiger partial charge in [-0.3, -0.25) is 0 Å². The molecule has 0 aromatic heterocycles. The summed E-state index contributed by atoms with van der Waals surface area (Å²) in [5, 5.41) is 2.52. The van der Waals surface area contributed by atoms with E-state index in [1.165, 1.54) is 0 Å². The van der Waals surface area contributed by atoms with E-state index >= 15 is 0 Å². The summed E-state index contributed by atoms with van der Waals surface area (Å²) >= 11 is 0. The molecule has 0 fully saturated rings. The summed E-state index contributed by atoms with van der Waals surface area (Å²) in [5.74, 6) is 0. The van der Waals surface area contributed by atoms with Gasteiger partial charge in [0.05, 0.1) is 0 Å².